The van der Waals surface area contributed by atoms with Crippen LogP contribution in [0.25, 0.3) is 0 Å². The molecule has 0 radical (unpaired) electrons. The Kier molecular flexibility index (Phi) is 6.42. The first kappa shape index (κ1) is 17.0. The van der Waals surface area contributed by atoms with E-state index >= 15 is 0 Å². The number of methoxy groups -OCH3 is 1. The van der Waals surface area contributed by atoms with E-state index in [1.54, 1.807) is 13.4 Å². The van der Waals surface area contributed by atoms with Crippen molar-refractivity contribution in [1.82, 2.24) is 15.1 Å². The van der Waals surface area contributed by atoms with E-state index in [4.69, 9.17) is 9.15 Å². The first-order chi connectivity index (χ1) is 10.6. The van der Waals surface area contributed by atoms with Gasteiger partial charge in [0.15, 0.2) is 0 Å². The lowest BCUT2D eigenvalue weighted by atomic mass is 10.2. The van der Waals surface area contributed by atoms with E-state index in [1.807, 2.05) is 19.1 Å². The number of nitrogens with zero attached hydrogens (tertiary/aromatic N) is 2. The standard InChI is InChI=1S/C16H27N3O3/c1-13-11-18(6-7-19(13)8-10-21-3)12-16(20)17-14(2)15-5-4-9-22-15/h4-5,9,13-14H,6-8,10-12H2,1-3H3,(H,17,20)/t13-,14-/m1/s1. The second-order valence-corrected chi connectivity index (χ2v) is 5.92. The molecule has 1 aliphatic rings. The van der Waals surface area contributed by atoms with E-state index < -0.39 is 0 Å². The number of hydrogen-bond acceptors (Lipinski definition) is 5. The number of rotatable bonds is 7. The second-order valence-electron chi connectivity index (χ2n) is 5.92. The average Bonchev–Trinajstić information content (AvgIpc) is 3.00. The Labute approximate surface area is 132 Å². The molecular formula is C16H27N3O3. The Morgan fingerprint density at radius 3 is 3.00 bits per heavy atom. The molecule has 2 heterocycles. The topological polar surface area (TPSA) is 58.0 Å². The van der Waals surface area contributed by atoms with E-state index in [-0.39, 0.29) is 11.9 Å². The zero-order valence-electron chi connectivity index (χ0n) is 13.7. The summed E-state index contributed by atoms with van der Waals surface area (Å²) < 4.78 is 10.4. The van der Waals surface area contributed by atoms with Crippen LogP contribution in [0.2, 0.25) is 0 Å². The van der Waals surface area contributed by atoms with E-state index in [9.17, 15) is 4.79 Å². The zero-order valence-corrected chi connectivity index (χ0v) is 13.7. The lowest BCUT2D eigenvalue weighted by Gasteiger charge is -2.39. The van der Waals surface area contributed by atoms with Gasteiger partial charge in [-0.3, -0.25) is 14.6 Å². The number of ether oxygens (including phenoxy) is 1. The maximum absolute atomic E-state index is 12.1. The molecule has 1 N–H and O–H groups in total. The Morgan fingerprint density at radius 2 is 2.36 bits per heavy atom. The molecule has 0 aliphatic carbocycles. The van der Waals surface area contributed by atoms with Crippen molar-refractivity contribution >= 4 is 5.91 Å². The van der Waals surface area contributed by atoms with Crippen molar-refractivity contribution in [2.45, 2.75) is 25.9 Å². The first-order valence-electron chi connectivity index (χ1n) is 7.88. The van der Waals surface area contributed by atoms with Crippen LogP contribution in [-0.4, -0.2) is 68.2 Å². The van der Waals surface area contributed by atoms with Gasteiger partial charge < -0.3 is 14.5 Å². The summed E-state index contributed by atoms with van der Waals surface area (Å²) in [5, 5.41) is 2.98. The summed E-state index contributed by atoms with van der Waals surface area (Å²) in [6.45, 7) is 9.08. The molecule has 0 spiro atoms. The van der Waals surface area contributed by atoms with Crippen molar-refractivity contribution in [3.63, 3.8) is 0 Å². The van der Waals surface area contributed by atoms with Crippen molar-refractivity contribution < 1.29 is 13.9 Å². The zero-order chi connectivity index (χ0) is 15.9. The van der Waals surface area contributed by atoms with Crippen LogP contribution in [0.15, 0.2) is 22.8 Å². The Morgan fingerprint density at radius 1 is 1.55 bits per heavy atom. The van der Waals surface area contributed by atoms with Crippen molar-refractivity contribution in [3.05, 3.63) is 24.2 Å². The Balaban J connectivity index is 1.74. The lowest BCUT2D eigenvalue weighted by molar-refractivity contribution is -0.123. The summed E-state index contributed by atoms with van der Waals surface area (Å²) in [6, 6.07) is 4.06. The predicted octanol–water partition coefficient (Wildman–Crippen LogP) is 1.11. The smallest absolute Gasteiger partial charge is 0.234 e. The van der Waals surface area contributed by atoms with Crippen LogP contribution in [0.4, 0.5) is 0 Å². The van der Waals surface area contributed by atoms with Gasteiger partial charge in [0.2, 0.25) is 5.91 Å². The molecule has 1 aromatic rings. The van der Waals surface area contributed by atoms with Gasteiger partial charge in [-0.25, -0.2) is 0 Å². The van der Waals surface area contributed by atoms with Gasteiger partial charge in [0.25, 0.3) is 0 Å². The molecule has 1 saturated heterocycles. The summed E-state index contributed by atoms with van der Waals surface area (Å²) in [6.07, 6.45) is 1.62. The van der Waals surface area contributed by atoms with Gasteiger partial charge in [0.1, 0.15) is 5.76 Å². The van der Waals surface area contributed by atoms with Gasteiger partial charge >= 0.3 is 0 Å². The molecule has 6 heteroatoms. The maximum Gasteiger partial charge on any atom is 0.234 e. The minimum atomic E-state index is -0.0945. The largest absolute Gasteiger partial charge is 0.467 e. The van der Waals surface area contributed by atoms with E-state index in [1.165, 1.54) is 0 Å². The Bertz CT molecular complexity index is 449. The number of amides is 1. The van der Waals surface area contributed by atoms with Crippen molar-refractivity contribution in [2.75, 3.05) is 46.4 Å². The summed E-state index contributed by atoms with van der Waals surface area (Å²) >= 11 is 0. The third-order valence-corrected chi connectivity index (χ3v) is 4.15. The molecule has 1 aliphatic heterocycles. The number of carbonyl (C=O) groups excluding carboxylic acids is 1. The van der Waals surface area contributed by atoms with Gasteiger partial charge in [0, 0.05) is 39.3 Å². The molecule has 0 unspecified atom stereocenters. The Hall–Kier alpha value is -1.37. The highest BCUT2D eigenvalue weighted by Gasteiger charge is 2.25. The minimum absolute atomic E-state index is 0.0430. The molecule has 124 valence electrons. The number of furan rings is 1. The van der Waals surface area contributed by atoms with E-state index in [2.05, 4.69) is 22.0 Å². The second kappa shape index (κ2) is 8.31. The van der Waals surface area contributed by atoms with Gasteiger partial charge in [-0.1, -0.05) is 0 Å². The third-order valence-electron chi connectivity index (χ3n) is 4.15. The molecule has 1 fully saturated rings. The number of hydrogen-bond donors (Lipinski definition) is 1. The van der Waals surface area contributed by atoms with E-state index in [0.29, 0.717) is 12.6 Å². The highest BCUT2D eigenvalue weighted by atomic mass is 16.5. The average molecular weight is 309 g/mol. The molecule has 0 aromatic carbocycles. The van der Waals surface area contributed by atoms with Crippen LogP contribution in [0.3, 0.4) is 0 Å². The van der Waals surface area contributed by atoms with Crippen molar-refractivity contribution in [3.8, 4) is 0 Å². The summed E-state index contributed by atoms with van der Waals surface area (Å²) in [5.74, 6) is 0.826. The molecule has 0 saturated carbocycles. The van der Waals surface area contributed by atoms with Crippen molar-refractivity contribution in [1.29, 1.82) is 0 Å². The fourth-order valence-corrected chi connectivity index (χ4v) is 2.85. The fraction of sp³-hybridized carbons (Fsp3) is 0.688. The number of nitrogens with one attached hydrogen (secondary N) is 1. The molecule has 6 nitrogen and oxygen atoms in total. The molecule has 2 rings (SSSR count). The van der Waals surface area contributed by atoms with Crippen LogP contribution in [-0.2, 0) is 9.53 Å². The predicted molar refractivity (Wildman–Crippen MR) is 84.6 cm³/mol. The monoisotopic (exact) mass is 309 g/mol. The number of piperazine rings is 1. The maximum atomic E-state index is 12.1. The van der Waals surface area contributed by atoms with Crippen LogP contribution < -0.4 is 5.32 Å². The van der Waals surface area contributed by atoms with Crippen molar-refractivity contribution in [2.24, 2.45) is 0 Å². The minimum Gasteiger partial charge on any atom is -0.467 e. The molecule has 2 atom stereocenters. The lowest BCUT2D eigenvalue weighted by Crippen LogP contribution is -2.54. The van der Waals surface area contributed by atoms with Crippen LogP contribution >= 0.6 is 0 Å². The third kappa shape index (κ3) is 4.83. The summed E-state index contributed by atoms with van der Waals surface area (Å²) in [5.41, 5.74) is 0. The number of carbonyl (C=O) groups is 1. The fourth-order valence-electron chi connectivity index (χ4n) is 2.85. The quantitative estimate of drug-likeness (QED) is 0.818. The SMILES string of the molecule is COCCN1CCN(CC(=O)N[C@H](C)c2ccco2)C[C@H]1C. The summed E-state index contributed by atoms with van der Waals surface area (Å²) in [7, 11) is 1.73. The highest BCUT2D eigenvalue weighted by molar-refractivity contribution is 5.78. The molecule has 22 heavy (non-hydrogen) atoms. The normalized spacial score (nSPS) is 21.7. The van der Waals surface area contributed by atoms with Crippen LogP contribution in [0.1, 0.15) is 25.6 Å². The van der Waals surface area contributed by atoms with Crippen LogP contribution in [0.5, 0.6) is 0 Å². The summed E-state index contributed by atoms with van der Waals surface area (Å²) in [4.78, 5) is 16.8. The van der Waals surface area contributed by atoms with E-state index in [0.717, 1.165) is 38.5 Å². The van der Waals surface area contributed by atoms with Gasteiger partial charge in [-0.15, -0.1) is 0 Å². The molecule has 1 aromatic heterocycles. The van der Waals surface area contributed by atoms with Gasteiger partial charge in [-0.2, -0.15) is 0 Å². The molecular weight excluding hydrogens is 282 g/mol. The highest BCUT2D eigenvalue weighted by Crippen LogP contribution is 2.13. The first-order valence-corrected chi connectivity index (χ1v) is 7.88. The molecule has 1 amide bonds. The molecule has 0 bridgehead atoms. The van der Waals surface area contributed by atoms with Crippen LogP contribution in [0, 0.1) is 0 Å². The van der Waals surface area contributed by atoms with Gasteiger partial charge in [-0.05, 0) is 26.0 Å². The van der Waals surface area contributed by atoms with Gasteiger partial charge in [0.05, 0.1) is 25.5 Å².